The molecule has 1 N–H and O–H groups in total. The Balaban J connectivity index is 2.06. The molecular formula is C13H20N2O4. The van der Waals surface area contributed by atoms with E-state index < -0.39 is 12.0 Å². The lowest BCUT2D eigenvalue weighted by molar-refractivity contribution is -0.141. The van der Waals surface area contributed by atoms with Gasteiger partial charge in [0.2, 0.25) is 0 Å². The van der Waals surface area contributed by atoms with Crippen molar-refractivity contribution in [3.8, 4) is 0 Å². The number of hydrogen-bond donors (Lipinski definition) is 1. The van der Waals surface area contributed by atoms with Crippen LogP contribution in [0.5, 0.6) is 0 Å². The van der Waals surface area contributed by atoms with Crippen molar-refractivity contribution in [1.82, 2.24) is 9.80 Å². The highest BCUT2D eigenvalue weighted by Gasteiger charge is 2.41. The molecule has 6 heteroatoms. The second-order valence-corrected chi connectivity index (χ2v) is 5.13. The number of amides is 2. The maximum absolute atomic E-state index is 12.4. The number of ether oxygens (including phenoxy) is 1. The van der Waals surface area contributed by atoms with Crippen LogP contribution in [-0.2, 0) is 9.53 Å². The van der Waals surface area contributed by atoms with Crippen LogP contribution in [0.15, 0.2) is 11.6 Å². The van der Waals surface area contributed by atoms with E-state index in [2.05, 4.69) is 0 Å². The van der Waals surface area contributed by atoms with Crippen LogP contribution in [0.1, 0.15) is 19.8 Å². The third kappa shape index (κ3) is 2.89. The van der Waals surface area contributed by atoms with Crippen molar-refractivity contribution in [2.75, 3.05) is 26.7 Å². The number of carboxylic acids is 1. The minimum Gasteiger partial charge on any atom is -0.480 e. The number of rotatable bonds is 2. The molecule has 2 atom stereocenters. The van der Waals surface area contributed by atoms with Crippen LogP contribution in [-0.4, -0.2) is 65.8 Å². The summed E-state index contributed by atoms with van der Waals surface area (Å²) in [6, 6.07) is -0.972. The van der Waals surface area contributed by atoms with Crippen LogP contribution < -0.4 is 0 Å². The molecule has 0 aromatic rings. The molecular weight excluding hydrogens is 248 g/mol. The Hall–Kier alpha value is -1.56. The Kier molecular flexibility index (Phi) is 4.09. The molecule has 0 spiro atoms. The molecule has 106 valence electrons. The second kappa shape index (κ2) is 5.61. The molecule has 0 aromatic carbocycles. The van der Waals surface area contributed by atoms with Crippen LogP contribution in [0.3, 0.4) is 0 Å². The van der Waals surface area contributed by atoms with E-state index in [1.54, 1.807) is 12.0 Å². The lowest BCUT2D eigenvalue weighted by Gasteiger charge is -2.31. The summed E-state index contributed by atoms with van der Waals surface area (Å²) in [5.41, 5.74) is 1.27. The van der Waals surface area contributed by atoms with E-state index in [0.29, 0.717) is 26.1 Å². The Morgan fingerprint density at radius 3 is 2.74 bits per heavy atom. The molecule has 0 aliphatic carbocycles. The predicted octanol–water partition coefficient (Wildman–Crippen LogP) is 0.932. The fourth-order valence-electron chi connectivity index (χ4n) is 2.54. The van der Waals surface area contributed by atoms with Gasteiger partial charge in [-0.15, -0.1) is 0 Å². The molecule has 2 aliphatic rings. The summed E-state index contributed by atoms with van der Waals surface area (Å²) in [6.45, 7) is 3.61. The average Bonchev–Trinajstić information content (AvgIpc) is 2.83. The van der Waals surface area contributed by atoms with Gasteiger partial charge in [-0.05, 0) is 13.3 Å². The second-order valence-electron chi connectivity index (χ2n) is 5.13. The van der Waals surface area contributed by atoms with Gasteiger partial charge in [0.1, 0.15) is 6.04 Å². The fraction of sp³-hybridized carbons (Fsp3) is 0.692. The Morgan fingerprint density at radius 2 is 2.21 bits per heavy atom. The molecule has 0 radical (unpaired) electrons. The van der Waals surface area contributed by atoms with Gasteiger partial charge in [0.05, 0.1) is 6.10 Å². The SMILES string of the molecule is COC1CC(C(=O)O)N(C(=O)N2CC=C(C)CC2)C1. The highest BCUT2D eigenvalue weighted by molar-refractivity contribution is 5.83. The first-order valence-electron chi connectivity index (χ1n) is 6.49. The van der Waals surface area contributed by atoms with Crippen molar-refractivity contribution in [2.45, 2.75) is 31.9 Å². The van der Waals surface area contributed by atoms with Crippen molar-refractivity contribution >= 4 is 12.0 Å². The number of likely N-dealkylation sites (tertiary alicyclic amines) is 1. The quantitative estimate of drug-likeness (QED) is 0.756. The first-order chi connectivity index (χ1) is 9.02. The van der Waals surface area contributed by atoms with E-state index >= 15 is 0 Å². The van der Waals surface area contributed by atoms with Gasteiger partial charge in [-0.25, -0.2) is 9.59 Å². The highest BCUT2D eigenvalue weighted by atomic mass is 16.5. The molecule has 6 nitrogen and oxygen atoms in total. The van der Waals surface area contributed by atoms with E-state index in [0.717, 1.165) is 6.42 Å². The fourth-order valence-corrected chi connectivity index (χ4v) is 2.54. The summed E-state index contributed by atoms with van der Waals surface area (Å²) in [6.07, 6.45) is 3.04. The molecule has 1 fully saturated rings. The molecule has 2 amide bonds. The third-order valence-electron chi connectivity index (χ3n) is 3.83. The summed E-state index contributed by atoms with van der Waals surface area (Å²) < 4.78 is 5.19. The van der Waals surface area contributed by atoms with E-state index in [4.69, 9.17) is 4.74 Å². The zero-order valence-corrected chi connectivity index (χ0v) is 11.3. The van der Waals surface area contributed by atoms with Gasteiger partial charge >= 0.3 is 12.0 Å². The van der Waals surface area contributed by atoms with Crippen LogP contribution in [0.25, 0.3) is 0 Å². The molecule has 2 rings (SSSR count). The van der Waals surface area contributed by atoms with Gasteiger partial charge in [-0.1, -0.05) is 11.6 Å². The predicted molar refractivity (Wildman–Crippen MR) is 68.9 cm³/mol. The first kappa shape index (κ1) is 13.9. The Labute approximate surface area is 112 Å². The van der Waals surface area contributed by atoms with Crippen molar-refractivity contribution in [1.29, 1.82) is 0 Å². The molecule has 0 bridgehead atoms. The van der Waals surface area contributed by atoms with Crippen molar-refractivity contribution in [2.24, 2.45) is 0 Å². The molecule has 19 heavy (non-hydrogen) atoms. The van der Waals surface area contributed by atoms with E-state index in [1.165, 1.54) is 10.5 Å². The normalized spacial score (nSPS) is 27.4. The minimum absolute atomic E-state index is 0.188. The maximum atomic E-state index is 12.4. The zero-order chi connectivity index (χ0) is 14.0. The lowest BCUT2D eigenvalue weighted by atomic mass is 10.1. The zero-order valence-electron chi connectivity index (χ0n) is 11.3. The number of methoxy groups -OCH3 is 1. The van der Waals surface area contributed by atoms with Gasteiger partial charge in [0.15, 0.2) is 0 Å². The van der Waals surface area contributed by atoms with Crippen LogP contribution in [0.4, 0.5) is 4.79 Å². The maximum Gasteiger partial charge on any atom is 0.326 e. The standard InChI is InChI=1S/C13H20N2O4/c1-9-3-5-14(6-4-9)13(18)15-8-10(19-2)7-11(15)12(16)17/h3,10-11H,4-8H2,1-2H3,(H,16,17). The largest absolute Gasteiger partial charge is 0.480 e. The van der Waals surface area contributed by atoms with Crippen molar-refractivity contribution in [3.63, 3.8) is 0 Å². The van der Waals surface area contributed by atoms with Crippen molar-refractivity contribution in [3.05, 3.63) is 11.6 Å². The molecule has 2 unspecified atom stereocenters. The lowest BCUT2D eigenvalue weighted by Crippen LogP contribution is -2.49. The van der Waals surface area contributed by atoms with Crippen LogP contribution >= 0.6 is 0 Å². The summed E-state index contributed by atoms with van der Waals surface area (Å²) in [5.74, 6) is -0.961. The Morgan fingerprint density at radius 1 is 1.47 bits per heavy atom. The van der Waals surface area contributed by atoms with E-state index in [-0.39, 0.29) is 12.1 Å². The number of carbonyl (C=O) groups excluding carboxylic acids is 1. The monoisotopic (exact) mass is 268 g/mol. The topological polar surface area (TPSA) is 70.1 Å². The minimum atomic E-state index is -0.961. The van der Waals surface area contributed by atoms with Gasteiger partial charge in [0, 0.05) is 33.2 Å². The number of aliphatic carboxylic acids is 1. The highest BCUT2D eigenvalue weighted by Crippen LogP contribution is 2.23. The summed E-state index contributed by atoms with van der Waals surface area (Å²) in [7, 11) is 1.55. The number of hydrogen-bond acceptors (Lipinski definition) is 3. The van der Waals surface area contributed by atoms with E-state index in [1.807, 2.05) is 13.0 Å². The van der Waals surface area contributed by atoms with Crippen LogP contribution in [0.2, 0.25) is 0 Å². The van der Waals surface area contributed by atoms with Gasteiger partial charge in [-0.3, -0.25) is 0 Å². The smallest absolute Gasteiger partial charge is 0.326 e. The molecule has 0 aromatic heterocycles. The average molecular weight is 268 g/mol. The van der Waals surface area contributed by atoms with E-state index in [9.17, 15) is 14.7 Å². The third-order valence-corrected chi connectivity index (χ3v) is 3.83. The Bertz CT molecular complexity index is 407. The molecule has 1 saturated heterocycles. The molecule has 2 heterocycles. The molecule has 0 saturated carbocycles. The first-order valence-corrected chi connectivity index (χ1v) is 6.49. The summed E-state index contributed by atoms with van der Waals surface area (Å²) in [5, 5.41) is 9.21. The number of urea groups is 1. The number of carboxylic acid groups (broad SMARTS) is 1. The van der Waals surface area contributed by atoms with Gasteiger partial charge < -0.3 is 19.6 Å². The summed E-state index contributed by atoms with van der Waals surface area (Å²) in [4.78, 5) is 26.7. The molecule has 2 aliphatic heterocycles. The van der Waals surface area contributed by atoms with Crippen molar-refractivity contribution < 1.29 is 19.4 Å². The number of carbonyl (C=O) groups is 2. The van der Waals surface area contributed by atoms with Crippen LogP contribution in [0, 0.1) is 0 Å². The van der Waals surface area contributed by atoms with Gasteiger partial charge in [0.25, 0.3) is 0 Å². The number of nitrogens with zero attached hydrogens (tertiary/aromatic N) is 2. The van der Waals surface area contributed by atoms with Gasteiger partial charge in [-0.2, -0.15) is 0 Å². The summed E-state index contributed by atoms with van der Waals surface area (Å²) >= 11 is 0.